The lowest BCUT2D eigenvalue weighted by atomic mass is 10.1. The monoisotopic (exact) mass is 310 g/mol. The molecule has 1 fully saturated rings. The number of rotatable bonds is 4. The summed E-state index contributed by atoms with van der Waals surface area (Å²) >= 11 is 0. The third-order valence-corrected chi connectivity index (χ3v) is 3.44. The van der Waals surface area contributed by atoms with E-state index in [9.17, 15) is 5.26 Å². The zero-order valence-corrected chi connectivity index (χ0v) is 13.7. The molecular weight excluding hydrogens is 288 g/mol. The Labute approximate surface area is 137 Å². The number of allylic oxidation sites excluding steroid dienone is 3. The molecule has 1 aromatic heterocycles. The summed E-state index contributed by atoms with van der Waals surface area (Å²) in [7, 11) is 0. The second-order valence-electron chi connectivity index (χ2n) is 5.36. The second-order valence-corrected chi connectivity index (χ2v) is 5.36. The van der Waals surface area contributed by atoms with Crippen molar-refractivity contribution in [3.05, 3.63) is 47.9 Å². The van der Waals surface area contributed by atoms with Crippen LogP contribution in [0.2, 0.25) is 0 Å². The fourth-order valence-electron chi connectivity index (χ4n) is 2.46. The lowest BCUT2D eigenvalue weighted by molar-refractivity contribution is 0.152. The van der Waals surface area contributed by atoms with E-state index in [-0.39, 0.29) is 0 Å². The first-order valence-electron chi connectivity index (χ1n) is 7.77. The molecule has 0 N–H and O–H groups in total. The molecule has 1 saturated heterocycles. The van der Waals surface area contributed by atoms with Crippen LogP contribution < -0.4 is 4.90 Å². The van der Waals surface area contributed by atoms with Crippen molar-refractivity contribution in [2.24, 2.45) is 4.99 Å². The van der Waals surface area contributed by atoms with E-state index < -0.39 is 0 Å². The van der Waals surface area contributed by atoms with Gasteiger partial charge in [-0.1, -0.05) is 12.7 Å². The van der Waals surface area contributed by atoms with Gasteiger partial charge in [-0.2, -0.15) is 5.26 Å². The molecule has 0 unspecified atom stereocenters. The molecule has 0 bridgehead atoms. The van der Waals surface area contributed by atoms with Gasteiger partial charge in [0, 0.05) is 25.4 Å². The van der Waals surface area contributed by atoms with Crippen molar-refractivity contribution in [3.8, 4) is 6.07 Å². The summed E-state index contributed by atoms with van der Waals surface area (Å²) in [5, 5.41) is 9.49. The number of aliphatic imine (C=N–C) groups is 1. The van der Waals surface area contributed by atoms with Gasteiger partial charge in [0.15, 0.2) is 5.69 Å². The van der Waals surface area contributed by atoms with Crippen LogP contribution in [0.5, 0.6) is 0 Å². The van der Waals surface area contributed by atoms with Crippen molar-refractivity contribution in [1.29, 1.82) is 5.26 Å². The molecule has 0 radical (unpaired) electrons. The van der Waals surface area contributed by atoms with Crippen LogP contribution in [0.4, 0.5) is 5.69 Å². The molecule has 5 nitrogen and oxygen atoms in total. The van der Waals surface area contributed by atoms with Gasteiger partial charge in [-0.05, 0) is 38.5 Å². The maximum atomic E-state index is 9.49. The van der Waals surface area contributed by atoms with Gasteiger partial charge < -0.3 is 9.64 Å². The second kappa shape index (κ2) is 8.25. The predicted molar refractivity (Wildman–Crippen MR) is 92.8 cm³/mol. The van der Waals surface area contributed by atoms with E-state index in [1.165, 1.54) is 0 Å². The number of hydrogen-bond acceptors (Lipinski definition) is 5. The van der Waals surface area contributed by atoms with Crippen LogP contribution in [-0.4, -0.2) is 37.0 Å². The highest BCUT2D eigenvalue weighted by Gasteiger charge is 2.16. The summed E-state index contributed by atoms with van der Waals surface area (Å²) in [6, 6.07) is 6.06. The van der Waals surface area contributed by atoms with Crippen molar-refractivity contribution < 1.29 is 4.74 Å². The molecule has 0 saturated carbocycles. The Kier molecular flexibility index (Phi) is 6.07. The molecule has 2 rings (SSSR count). The fourth-order valence-corrected chi connectivity index (χ4v) is 2.46. The molecule has 0 aromatic carbocycles. The van der Waals surface area contributed by atoms with Gasteiger partial charge in [0.1, 0.15) is 6.07 Å². The summed E-state index contributed by atoms with van der Waals surface area (Å²) in [5.74, 6) is 0. The van der Waals surface area contributed by atoms with E-state index in [1.807, 2.05) is 38.1 Å². The molecule has 1 aliphatic rings. The SMILES string of the molecule is C=C(C)N=C(/C=C\C)c1ccc(N2CCCOCC2)c(C#N)n1. The minimum atomic E-state index is 0.420. The molecule has 0 amide bonds. The zero-order chi connectivity index (χ0) is 16.7. The fraction of sp³-hybridized carbons (Fsp3) is 0.389. The zero-order valence-electron chi connectivity index (χ0n) is 13.7. The van der Waals surface area contributed by atoms with E-state index in [0.717, 1.165) is 31.8 Å². The third-order valence-electron chi connectivity index (χ3n) is 3.44. The molecule has 0 aliphatic carbocycles. The van der Waals surface area contributed by atoms with Crippen molar-refractivity contribution in [3.63, 3.8) is 0 Å². The van der Waals surface area contributed by atoms with Crippen LogP contribution in [0, 0.1) is 11.3 Å². The normalized spacial score (nSPS) is 16.2. The minimum Gasteiger partial charge on any atom is -0.380 e. The maximum absolute atomic E-state index is 9.49. The maximum Gasteiger partial charge on any atom is 0.164 e. The van der Waals surface area contributed by atoms with Gasteiger partial charge in [-0.15, -0.1) is 0 Å². The number of aromatic nitrogens is 1. The van der Waals surface area contributed by atoms with Crippen LogP contribution in [0.25, 0.3) is 0 Å². The summed E-state index contributed by atoms with van der Waals surface area (Å²) in [5.41, 5.74) is 3.37. The van der Waals surface area contributed by atoms with Crippen molar-refractivity contribution in [1.82, 2.24) is 4.98 Å². The van der Waals surface area contributed by atoms with Crippen LogP contribution in [0.1, 0.15) is 31.7 Å². The molecular formula is C18H22N4O. The van der Waals surface area contributed by atoms with Crippen LogP contribution in [0.15, 0.2) is 41.6 Å². The lowest BCUT2D eigenvalue weighted by Gasteiger charge is -2.22. The first-order valence-corrected chi connectivity index (χ1v) is 7.77. The first kappa shape index (κ1) is 16.9. The summed E-state index contributed by atoms with van der Waals surface area (Å²) < 4.78 is 5.47. The summed E-state index contributed by atoms with van der Waals surface area (Å²) in [6.07, 6.45) is 4.72. The quantitative estimate of drug-likeness (QED) is 0.802. The van der Waals surface area contributed by atoms with Gasteiger partial charge in [-0.3, -0.25) is 4.99 Å². The van der Waals surface area contributed by atoms with Crippen molar-refractivity contribution >= 4 is 11.4 Å². The van der Waals surface area contributed by atoms with Crippen molar-refractivity contribution in [2.75, 3.05) is 31.2 Å². The minimum absolute atomic E-state index is 0.420. The van der Waals surface area contributed by atoms with Gasteiger partial charge in [0.2, 0.25) is 0 Å². The van der Waals surface area contributed by atoms with E-state index >= 15 is 0 Å². The number of nitriles is 1. The van der Waals surface area contributed by atoms with Gasteiger partial charge in [0.05, 0.1) is 23.7 Å². The molecule has 1 aliphatic heterocycles. The average molecular weight is 310 g/mol. The predicted octanol–water partition coefficient (Wildman–Crippen LogP) is 3.08. The van der Waals surface area contributed by atoms with E-state index in [2.05, 4.69) is 27.5 Å². The van der Waals surface area contributed by atoms with Gasteiger partial charge >= 0.3 is 0 Å². The third kappa shape index (κ3) is 4.51. The van der Waals surface area contributed by atoms with Gasteiger partial charge in [0.25, 0.3) is 0 Å². The molecule has 120 valence electrons. The number of ether oxygens (including phenoxy) is 1. The average Bonchev–Trinajstić information content (AvgIpc) is 2.82. The highest BCUT2D eigenvalue weighted by atomic mass is 16.5. The number of hydrogen-bond donors (Lipinski definition) is 0. The highest BCUT2D eigenvalue weighted by molar-refractivity contribution is 6.08. The smallest absolute Gasteiger partial charge is 0.164 e. The van der Waals surface area contributed by atoms with Crippen LogP contribution >= 0.6 is 0 Å². The summed E-state index contributed by atoms with van der Waals surface area (Å²) in [6.45, 7) is 10.7. The number of nitrogens with zero attached hydrogens (tertiary/aromatic N) is 4. The number of pyridine rings is 1. The Morgan fingerprint density at radius 3 is 2.96 bits per heavy atom. The lowest BCUT2D eigenvalue weighted by Crippen LogP contribution is -2.27. The van der Waals surface area contributed by atoms with Crippen LogP contribution in [-0.2, 0) is 4.74 Å². The van der Waals surface area contributed by atoms with E-state index in [0.29, 0.717) is 29.4 Å². The topological polar surface area (TPSA) is 61.5 Å². The molecule has 0 spiro atoms. The molecule has 23 heavy (non-hydrogen) atoms. The standard InChI is InChI=1S/C18H22N4O/c1-4-6-15(20-14(2)3)16-7-8-18(17(13-19)21-16)22-9-5-11-23-12-10-22/h4,6-8H,2,5,9-12H2,1,3H3/b6-4-,20-15?. The number of anilines is 1. The highest BCUT2D eigenvalue weighted by Crippen LogP contribution is 2.21. The Morgan fingerprint density at radius 2 is 2.26 bits per heavy atom. The first-order chi connectivity index (χ1) is 11.2. The van der Waals surface area contributed by atoms with Crippen molar-refractivity contribution in [2.45, 2.75) is 20.3 Å². The Balaban J connectivity index is 2.39. The summed E-state index contributed by atoms with van der Waals surface area (Å²) in [4.78, 5) is 11.1. The Bertz CT molecular complexity index is 662. The largest absolute Gasteiger partial charge is 0.380 e. The molecule has 0 atom stereocenters. The molecule has 1 aromatic rings. The van der Waals surface area contributed by atoms with Gasteiger partial charge in [-0.25, -0.2) is 4.98 Å². The Morgan fingerprint density at radius 1 is 1.43 bits per heavy atom. The molecule has 5 heteroatoms. The van der Waals surface area contributed by atoms with E-state index in [1.54, 1.807) is 0 Å². The van der Waals surface area contributed by atoms with Crippen LogP contribution in [0.3, 0.4) is 0 Å². The van der Waals surface area contributed by atoms with E-state index in [4.69, 9.17) is 4.74 Å². The Hall–Kier alpha value is -2.45. The molecule has 2 heterocycles.